The van der Waals surface area contributed by atoms with Crippen LogP contribution < -0.4 is 5.73 Å². The number of carbonyl (C=O) groups excluding carboxylic acids is 2. The first-order valence-corrected chi connectivity index (χ1v) is 7.27. The van der Waals surface area contributed by atoms with Crippen molar-refractivity contribution in [3.05, 3.63) is 0 Å². The van der Waals surface area contributed by atoms with Crippen molar-refractivity contribution in [3.8, 4) is 0 Å². The summed E-state index contributed by atoms with van der Waals surface area (Å²) in [5.74, 6) is -0.469. The smallest absolute Gasteiger partial charge is 0.325 e. The van der Waals surface area contributed by atoms with Crippen LogP contribution in [0.1, 0.15) is 54.4 Å². The largest absolute Gasteiger partial charge is 0.465 e. The SMILES string of the molecule is CCOC(=O)CN(C(=O)CC(N)CC(C)(C)C)C(C)C. The van der Waals surface area contributed by atoms with Gasteiger partial charge in [0, 0.05) is 18.5 Å². The average Bonchev–Trinajstić information content (AvgIpc) is 2.22. The monoisotopic (exact) mass is 286 g/mol. The summed E-state index contributed by atoms with van der Waals surface area (Å²) in [4.78, 5) is 25.3. The number of rotatable bonds is 7. The molecule has 0 spiro atoms. The third-order valence-corrected chi connectivity index (χ3v) is 2.86. The molecule has 0 aromatic rings. The Morgan fingerprint density at radius 3 is 2.20 bits per heavy atom. The van der Waals surface area contributed by atoms with Gasteiger partial charge in [-0.2, -0.15) is 0 Å². The number of esters is 1. The van der Waals surface area contributed by atoms with Crippen LogP contribution in [-0.2, 0) is 14.3 Å². The summed E-state index contributed by atoms with van der Waals surface area (Å²) in [6.45, 7) is 12.1. The number of nitrogens with two attached hydrogens (primary N) is 1. The molecule has 0 saturated carbocycles. The molecule has 0 aliphatic heterocycles. The van der Waals surface area contributed by atoms with Crippen LogP contribution in [0.3, 0.4) is 0 Å². The maximum absolute atomic E-state index is 12.3. The number of hydrogen-bond acceptors (Lipinski definition) is 4. The summed E-state index contributed by atoms with van der Waals surface area (Å²) >= 11 is 0. The van der Waals surface area contributed by atoms with Gasteiger partial charge in [-0.1, -0.05) is 20.8 Å². The van der Waals surface area contributed by atoms with Crippen LogP contribution in [0.2, 0.25) is 0 Å². The van der Waals surface area contributed by atoms with E-state index < -0.39 is 0 Å². The van der Waals surface area contributed by atoms with Gasteiger partial charge in [-0.15, -0.1) is 0 Å². The molecule has 0 aliphatic carbocycles. The number of carbonyl (C=O) groups is 2. The minimum Gasteiger partial charge on any atom is -0.465 e. The fraction of sp³-hybridized carbons (Fsp3) is 0.867. The van der Waals surface area contributed by atoms with Crippen molar-refractivity contribution in [2.45, 2.75) is 66.5 Å². The Labute approximate surface area is 122 Å². The zero-order chi connectivity index (χ0) is 15.9. The first-order chi connectivity index (χ1) is 9.06. The highest BCUT2D eigenvalue weighted by Gasteiger charge is 2.24. The fourth-order valence-corrected chi connectivity index (χ4v) is 2.10. The van der Waals surface area contributed by atoms with Crippen LogP contribution in [0.5, 0.6) is 0 Å². The van der Waals surface area contributed by atoms with Gasteiger partial charge in [0.15, 0.2) is 0 Å². The van der Waals surface area contributed by atoms with Crippen molar-refractivity contribution in [2.24, 2.45) is 11.1 Å². The van der Waals surface area contributed by atoms with Gasteiger partial charge in [0.2, 0.25) is 5.91 Å². The van der Waals surface area contributed by atoms with Gasteiger partial charge in [-0.3, -0.25) is 9.59 Å². The lowest BCUT2D eigenvalue weighted by molar-refractivity contribution is -0.150. The summed E-state index contributed by atoms with van der Waals surface area (Å²) in [7, 11) is 0. The lowest BCUT2D eigenvalue weighted by Gasteiger charge is -2.28. The fourth-order valence-electron chi connectivity index (χ4n) is 2.10. The van der Waals surface area contributed by atoms with Gasteiger partial charge in [-0.25, -0.2) is 0 Å². The lowest BCUT2D eigenvalue weighted by Crippen LogP contribution is -2.44. The number of ether oxygens (including phenoxy) is 1. The minimum atomic E-state index is -0.376. The molecule has 1 atom stereocenters. The maximum Gasteiger partial charge on any atom is 0.325 e. The van der Waals surface area contributed by atoms with Crippen molar-refractivity contribution in [1.82, 2.24) is 4.90 Å². The van der Waals surface area contributed by atoms with Crippen molar-refractivity contribution < 1.29 is 14.3 Å². The molecule has 5 nitrogen and oxygen atoms in total. The van der Waals surface area contributed by atoms with Gasteiger partial charge in [0.05, 0.1) is 6.61 Å². The average molecular weight is 286 g/mol. The molecule has 0 aromatic heterocycles. The maximum atomic E-state index is 12.3. The highest BCUT2D eigenvalue weighted by atomic mass is 16.5. The van der Waals surface area contributed by atoms with E-state index in [1.54, 1.807) is 6.92 Å². The van der Waals surface area contributed by atoms with E-state index in [0.29, 0.717) is 6.61 Å². The molecule has 0 heterocycles. The molecule has 0 rings (SSSR count). The topological polar surface area (TPSA) is 72.6 Å². The van der Waals surface area contributed by atoms with E-state index in [2.05, 4.69) is 20.8 Å². The van der Waals surface area contributed by atoms with Gasteiger partial charge in [0.1, 0.15) is 6.54 Å². The molecule has 0 fully saturated rings. The van der Waals surface area contributed by atoms with Gasteiger partial charge in [-0.05, 0) is 32.6 Å². The molecule has 0 saturated heterocycles. The van der Waals surface area contributed by atoms with E-state index in [-0.39, 0.29) is 42.3 Å². The standard InChI is InChI=1S/C15H30N2O3/c1-7-20-14(19)10-17(11(2)3)13(18)8-12(16)9-15(4,5)6/h11-12H,7-10,16H2,1-6H3. The summed E-state index contributed by atoms with van der Waals surface area (Å²) in [6, 6.07) is -0.236. The van der Waals surface area contributed by atoms with Crippen LogP contribution in [0.15, 0.2) is 0 Å². The Morgan fingerprint density at radius 2 is 1.80 bits per heavy atom. The summed E-state index contributed by atoms with van der Waals surface area (Å²) in [5.41, 5.74) is 6.11. The molecule has 0 radical (unpaired) electrons. The second-order valence-corrected chi connectivity index (χ2v) is 6.65. The summed E-state index contributed by atoms with van der Waals surface area (Å²) in [5, 5.41) is 0. The normalized spacial score (nSPS) is 13.2. The van der Waals surface area contributed by atoms with Crippen LogP contribution in [0.25, 0.3) is 0 Å². The molecular weight excluding hydrogens is 256 g/mol. The summed E-state index contributed by atoms with van der Waals surface area (Å²) < 4.78 is 4.89. The van der Waals surface area contributed by atoms with Crippen molar-refractivity contribution in [2.75, 3.05) is 13.2 Å². The third-order valence-electron chi connectivity index (χ3n) is 2.86. The molecule has 0 aliphatic rings. The molecule has 1 unspecified atom stereocenters. The second-order valence-electron chi connectivity index (χ2n) is 6.65. The van der Waals surface area contributed by atoms with E-state index in [1.807, 2.05) is 13.8 Å². The molecule has 2 N–H and O–H groups in total. The molecule has 0 bridgehead atoms. The van der Waals surface area contributed by atoms with Crippen LogP contribution in [-0.4, -0.2) is 42.0 Å². The predicted octanol–water partition coefficient (Wildman–Crippen LogP) is 1.94. The molecule has 118 valence electrons. The number of hydrogen-bond donors (Lipinski definition) is 1. The number of nitrogens with zero attached hydrogens (tertiary/aromatic N) is 1. The second kappa shape index (κ2) is 8.25. The Kier molecular flexibility index (Phi) is 7.79. The Balaban J connectivity index is 4.54. The first-order valence-electron chi connectivity index (χ1n) is 7.27. The van der Waals surface area contributed by atoms with E-state index in [4.69, 9.17) is 10.5 Å². The van der Waals surface area contributed by atoms with Crippen LogP contribution in [0, 0.1) is 5.41 Å². The molecule has 0 aromatic carbocycles. The minimum absolute atomic E-state index is 0.00736. The first kappa shape index (κ1) is 18.9. The molecule has 5 heteroatoms. The van der Waals surface area contributed by atoms with Crippen molar-refractivity contribution in [3.63, 3.8) is 0 Å². The third kappa shape index (κ3) is 8.15. The van der Waals surface area contributed by atoms with E-state index in [0.717, 1.165) is 6.42 Å². The van der Waals surface area contributed by atoms with E-state index in [9.17, 15) is 9.59 Å². The Bertz CT molecular complexity index is 322. The molecule has 1 amide bonds. The van der Waals surface area contributed by atoms with Gasteiger partial charge < -0.3 is 15.4 Å². The zero-order valence-electron chi connectivity index (χ0n) is 13.7. The van der Waals surface area contributed by atoms with E-state index >= 15 is 0 Å². The Morgan fingerprint density at radius 1 is 1.25 bits per heavy atom. The van der Waals surface area contributed by atoms with Crippen LogP contribution in [0.4, 0.5) is 0 Å². The Hall–Kier alpha value is -1.10. The lowest BCUT2D eigenvalue weighted by atomic mass is 9.87. The highest BCUT2D eigenvalue weighted by molar-refractivity contribution is 5.82. The van der Waals surface area contributed by atoms with Gasteiger partial charge in [0.25, 0.3) is 0 Å². The van der Waals surface area contributed by atoms with E-state index in [1.165, 1.54) is 4.90 Å². The number of amides is 1. The predicted molar refractivity (Wildman–Crippen MR) is 80.1 cm³/mol. The molecule has 20 heavy (non-hydrogen) atoms. The van der Waals surface area contributed by atoms with Crippen LogP contribution >= 0.6 is 0 Å². The highest BCUT2D eigenvalue weighted by Crippen LogP contribution is 2.21. The van der Waals surface area contributed by atoms with Crippen molar-refractivity contribution >= 4 is 11.9 Å². The summed E-state index contributed by atoms with van der Waals surface area (Å²) in [6.07, 6.45) is 1.03. The zero-order valence-corrected chi connectivity index (χ0v) is 13.7. The van der Waals surface area contributed by atoms with Crippen molar-refractivity contribution in [1.29, 1.82) is 0 Å². The van der Waals surface area contributed by atoms with Gasteiger partial charge >= 0.3 is 5.97 Å². The quantitative estimate of drug-likeness (QED) is 0.726. The molecular formula is C15H30N2O3.